The van der Waals surface area contributed by atoms with Gasteiger partial charge >= 0.3 is 0 Å². The second-order valence-electron chi connectivity index (χ2n) is 7.41. The van der Waals surface area contributed by atoms with Gasteiger partial charge in [-0.05, 0) is 60.4 Å². The number of fused-ring (bicyclic) bond motifs is 1. The van der Waals surface area contributed by atoms with Crippen LogP contribution >= 0.6 is 23.2 Å². The smallest absolute Gasteiger partial charge is 0.257 e. The maximum Gasteiger partial charge on any atom is 0.257 e. The number of nitrogens with one attached hydrogen (secondary N) is 1. The number of aryl methyl sites for hydroxylation is 1. The topological polar surface area (TPSA) is 66.5 Å². The van der Waals surface area contributed by atoms with Crippen molar-refractivity contribution in [3.05, 3.63) is 93.0 Å². The summed E-state index contributed by atoms with van der Waals surface area (Å²) < 4.78 is 28.0. The predicted octanol–water partition coefficient (Wildman–Crippen LogP) is 5.30. The Balaban J connectivity index is 1.63. The molecule has 1 amide bonds. The highest BCUT2D eigenvalue weighted by Crippen LogP contribution is 2.28. The van der Waals surface area contributed by atoms with Crippen LogP contribution in [-0.4, -0.2) is 25.2 Å². The average molecular weight is 475 g/mol. The van der Waals surface area contributed by atoms with Crippen molar-refractivity contribution < 1.29 is 13.2 Å². The van der Waals surface area contributed by atoms with Gasteiger partial charge in [0.2, 0.25) is 10.0 Å². The van der Waals surface area contributed by atoms with Crippen molar-refractivity contribution in [2.75, 3.05) is 11.9 Å². The second kappa shape index (κ2) is 8.63. The van der Waals surface area contributed by atoms with Gasteiger partial charge in [0.25, 0.3) is 5.91 Å². The van der Waals surface area contributed by atoms with Gasteiger partial charge in [-0.2, -0.15) is 4.31 Å². The lowest BCUT2D eigenvalue weighted by molar-refractivity contribution is 0.102. The normalized spacial score (nSPS) is 14.2. The molecule has 3 aromatic rings. The fraction of sp³-hybridized carbons (Fsp3) is 0.174. The predicted molar refractivity (Wildman–Crippen MR) is 123 cm³/mol. The lowest BCUT2D eigenvalue weighted by Gasteiger charge is -2.28. The molecule has 0 bridgehead atoms. The number of hydrogen-bond donors (Lipinski definition) is 1. The van der Waals surface area contributed by atoms with Crippen molar-refractivity contribution >= 4 is 44.8 Å². The zero-order chi connectivity index (χ0) is 22.2. The molecule has 0 saturated heterocycles. The zero-order valence-electron chi connectivity index (χ0n) is 16.7. The molecule has 160 valence electrons. The molecular weight excluding hydrogens is 455 g/mol. The van der Waals surface area contributed by atoms with Crippen LogP contribution < -0.4 is 5.32 Å². The molecule has 31 heavy (non-hydrogen) atoms. The van der Waals surface area contributed by atoms with Crippen LogP contribution in [0.25, 0.3) is 0 Å². The molecule has 0 aromatic heterocycles. The summed E-state index contributed by atoms with van der Waals surface area (Å²) in [5, 5.41) is 3.41. The zero-order valence-corrected chi connectivity index (χ0v) is 19.1. The fourth-order valence-electron chi connectivity index (χ4n) is 3.58. The quantitative estimate of drug-likeness (QED) is 0.557. The van der Waals surface area contributed by atoms with Crippen molar-refractivity contribution in [2.24, 2.45) is 0 Å². The van der Waals surface area contributed by atoms with Gasteiger partial charge in [0.15, 0.2) is 0 Å². The first-order chi connectivity index (χ1) is 14.8. The van der Waals surface area contributed by atoms with E-state index in [0.717, 1.165) is 16.7 Å². The van der Waals surface area contributed by atoms with Crippen LogP contribution in [0.3, 0.4) is 0 Å². The van der Waals surface area contributed by atoms with E-state index >= 15 is 0 Å². The van der Waals surface area contributed by atoms with Crippen molar-refractivity contribution in [2.45, 2.75) is 24.8 Å². The van der Waals surface area contributed by atoms with Gasteiger partial charge in [-0.1, -0.05) is 53.5 Å². The largest absolute Gasteiger partial charge is 0.322 e. The highest BCUT2D eigenvalue weighted by atomic mass is 35.5. The standard InChI is InChI=1S/C23H20Cl2N2O3S/c1-15-6-7-18(24)12-22(15)26-23(28)20-13-19(8-9-21(20)25)31(29,30)27-11-10-16-4-2-3-5-17(16)14-27/h2-9,12-13H,10-11,14H2,1H3,(H,26,28). The fourth-order valence-corrected chi connectivity index (χ4v) is 5.40. The monoisotopic (exact) mass is 474 g/mol. The van der Waals surface area contributed by atoms with Crippen molar-refractivity contribution in [1.82, 2.24) is 4.31 Å². The summed E-state index contributed by atoms with van der Waals surface area (Å²) in [5.74, 6) is -0.503. The number of anilines is 1. The molecule has 0 aliphatic carbocycles. The average Bonchev–Trinajstić information content (AvgIpc) is 2.76. The summed E-state index contributed by atoms with van der Waals surface area (Å²) >= 11 is 12.3. The summed E-state index contributed by atoms with van der Waals surface area (Å²) in [7, 11) is -3.79. The Morgan fingerprint density at radius 3 is 2.52 bits per heavy atom. The Labute approximate surface area is 191 Å². The minimum atomic E-state index is -3.79. The summed E-state index contributed by atoms with van der Waals surface area (Å²) in [6.07, 6.45) is 0.643. The van der Waals surface area contributed by atoms with Gasteiger partial charge in [0, 0.05) is 23.8 Å². The van der Waals surface area contributed by atoms with Gasteiger partial charge in [0.1, 0.15) is 0 Å². The molecule has 0 saturated carbocycles. The van der Waals surface area contributed by atoms with Crippen LogP contribution in [-0.2, 0) is 23.0 Å². The van der Waals surface area contributed by atoms with E-state index < -0.39 is 15.9 Å². The number of benzene rings is 3. The third-order valence-corrected chi connectivity index (χ3v) is 7.77. The van der Waals surface area contributed by atoms with E-state index in [1.54, 1.807) is 18.2 Å². The van der Waals surface area contributed by atoms with Crippen molar-refractivity contribution in [1.29, 1.82) is 0 Å². The van der Waals surface area contributed by atoms with Crippen LogP contribution in [0.4, 0.5) is 5.69 Å². The highest BCUT2D eigenvalue weighted by Gasteiger charge is 2.29. The van der Waals surface area contributed by atoms with Crippen molar-refractivity contribution in [3.63, 3.8) is 0 Å². The maximum absolute atomic E-state index is 13.3. The molecule has 3 aromatic carbocycles. The molecule has 0 radical (unpaired) electrons. The molecule has 0 atom stereocenters. The highest BCUT2D eigenvalue weighted by molar-refractivity contribution is 7.89. The molecule has 0 fully saturated rings. The van der Waals surface area contributed by atoms with E-state index in [2.05, 4.69) is 5.32 Å². The summed E-state index contributed by atoms with van der Waals surface area (Å²) in [6.45, 7) is 2.51. The van der Waals surface area contributed by atoms with E-state index in [4.69, 9.17) is 23.2 Å². The van der Waals surface area contributed by atoms with E-state index in [9.17, 15) is 13.2 Å². The number of sulfonamides is 1. The first-order valence-electron chi connectivity index (χ1n) is 9.70. The van der Waals surface area contributed by atoms with Gasteiger partial charge in [-0.3, -0.25) is 4.79 Å². The Morgan fingerprint density at radius 1 is 1.00 bits per heavy atom. The van der Waals surface area contributed by atoms with Crippen molar-refractivity contribution in [3.8, 4) is 0 Å². The Kier molecular flexibility index (Phi) is 6.08. The number of amides is 1. The first-order valence-corrected chi connectivity index (χ1v) is 11.9. The van der Waals surface area contributed by atoms with E-state index in [1.165, 1.54) is 22.5 Å². The third kappa shape index (κ3) is 4.48. The van der Waals surface area contributed by atoms with E-state index in [0.29, 0.717) is 30.2 Å². The molecule has 1 aliphatic heterocycles. The first kappa shape index (κ1) is 21.8. The number of rotatable bonds is 4. The number of carbonyl (C=O) groups excluding carboxylic acids is 1. The van der Waals surface area contributed by atoms with E-state index in [-0.39, 0.29) is 15.5 Å². The Bertz CT molecular complexity index is 1280. The lowest BCUT2D eigenvalue weighted by Crippen LogP contribution is -2.36. The Hall–Kier alpha value is -2.38. The van der Waals surface area contributed by atoms with Gasteiger partial charge in [0.05, 0.1) is 15.5 Å². The lowest BCUT2D eigenvalue weighted by atomic mass is 10.0. The SMILES string of the molecule is Cc1ccc(Cl)cc1NC(=O)c1cc(S(=O)(=O)N2CCc3ccccc3C2)ccc1Cl. The number of carbonyl (C=O) groups is 1. The molecule has 1 heterocycles. The number of nitrogens with zero attached hydrogens (tertiary/aromatic N) is 1. The molecule has 8 heteroatoms. The molecule has 1 N–H and O–H groups in total. The van der Waals surface area contributed by atoms with Crippen LogP contribution in [0.1, 0.15) is 27.0 Å². The minimum absolute atomic E-state index is 0.0317. The maximum atomic E-state index is 13.3. The van der Waals surface area contributed by atoms with Gasteiger partial charge < -0.3 is 5.32 Å². The molecular formula is C23H20Cl2N2O3S. The Morgan fingerprint density at radius 2 is 1.74 bits per heavy atom. The summed E-state index contributed by atoms with van der Waals surface area (Å²) in [6, 6.07) is 17.1. The molecule has 4 rings (SSSR count). The van der Waals surface area contributed by atoms with Crippen LogP contribution in [0.2, 0.25) is 10.0 Å². The van der Waals surface area contributed by atoms with Gasteiger partial charge in [-0.25, -0.2) is 8.42 Å². The molecule has 5 nitrogen and oxygen atoms in total. The second-order valence-corrected chi connectivity index (χ2v) is 10.2. The van der Waals surface area contributed by atoms with Crippen LogP contribution in [0, 0.1) is 6.92 Å². The number of halogens is 2. The summed E-state index contributed by atoms with van der Waals surface area (Å²) in [4.78, 5) is 12.9. The third-order valence-electron chi connectivity index (χ3n) is 5.36. The summed E-state index contributed by atoms with van der Waals surface area (Å²) in [5.41, 5.74) is 3.58. The number of hydrogen-bond acceptors (Lipinski definition) is 3. The molecule has 0 unspecified atom stereocenters. The molecule has 0 spiro atoms. The van der Waals surface area contributed by atoms with Crippen LogP contribution in [0.15, 0.2) is 65.6 Å². The van der Waals surface area contributed by atoms with Crippen LogP contribution in [0.5, 0.6) is 0 Å². The van der Waals surface area contributed by atoms with Gasteiger partial charge in [-0.15, -0.1) is 0 Å². The van der Waals surface area contributed by atoms with E-state index in [1.807, 2.05) is 31.2 Å². The minimum Gasteiger partial charge on any atom is -0.322 e. The molecule has 1 aliphatic rings.